The van der Waals surface area contributed by atoms with Crippen molar-refractivity contribution >= 4 is 22.7 Å². The van der Waals surface area contributed by atoms with E-state index in [1.165, 1.54) is 11.8 Å². The molecule has 0 aliphatic carbocycles. The minimum absolute atomic E-state index is 0.0215. The lowest BCUT2D eigenvalue weighted by molar-refractivity contribution is 0.191. The molecule has 0 aliphatic rings. The molecule has 0 amide bonds. The summed E-state index contributed by atoms with van der Waals surface area (Å²) in [6.07, 6.45) is 5.05. The van der Waals surface area contributed by atoms with Crippen molar-refractivity contribution in [2.75, 3.05) is 13.7 Å². The van der Waals surface area contributed by atoms with Crippen LogP contribution in [0.3, 0.4) is 0 Å². The molecule has 2 aromatic heterocycles. The van der Waals surface area contributed by atoms with Gasteiger partial charge in [0.1, 0.15) is 0 Å². The lowest BCUT2D eigenvalue weighted by atomic mass is 9.99. The molecule has 33 heavy (non-hydrogen) atoms. The molecule has 4 rings (SSSR count). The molecule has 0 aliphatic heterocycles. The van der Waals surface area contributed by atoms with Crippen LogP contribution in [0.4, 0.5) is 0 Å². The van der Waals surface area contributed by atoms with Crippen molar-refractivity contribution in [3.05, 3.63) is 77.0 Å². The van der Waals surface area contributed by atoms with Crippen LogP contribution in [0.5, 0.6) is 11.5 Å². The first-order valence-electron chi connectivity index (χ1n) is 10.7. The second-order valence-electron chi connectivity index (χ2n) is 9.02. The predicted octanol–water partition coefficient (Wildman–Crippen LogP) is 5.67. The number of methoxy groups -OCH3 is 1. The molecule has 2 aromatic carbocycles. The molecular formula is C26H27N3O3S. The molecule has 0 fully saturated rings. The summed E-state index contributed by atoms with van der Waals surface area (Å²) in [5.74, 6) is 1.22. The summed E-state index contributed by atoms with van der Waals surface area (Å²) in [4.78, 5) is 23.0. The lowest BCUT2D eigenvalue weighted by Crippen LogP contribution is -2.20. The Morgan fingerprint density at radius 1 is 1.00 bits per heavy atom. The summed E-state index contributed by atoms with van der Waals surface area (Å²) in [6, 6.07) is 13.5. The van der Waals surface area contributed by atoms with Gasteiger partial charge in [-0.2, -0.15) is 0 Å². The zero-order valence-corrected chi connectivity index (χ0v) is 20.3. The molecule has 7 heteroatoms. The Morgan fingerprint density at radius 2 is 1.82 bits per heavy atom. The van der Waals surface area contributed by atoms with E-state index in [1.54, 1.807) is 36.3 Å². The number of benzene rings is 2. The fraction of sp³-hybridized carbons (Fsp3) is 0.269. The molecule has 0 radical (unpaired) electrons. The summed E-state index contributed by atoms with van der Waals surface area (Å²) >= 11 is 1.34. The van der Waals surface area contributed by atoms with Crippen LogP contribution in [0, 0.1) is 12.3 Å². The summed E-state index contributed by atoms with van der Waals surface area (Å²) in [5.41, 5.74) is 2.53. The van der Waals surface area contributed by atoms with Crippen LogP contribution in [0.15, 0.2) is 75.8 Å². The minimum Gasteiger partial charge on any atom is -0.493 e. The van der Waals surface area contributed by atoms with Gasteiger partial charge in [0.15, 0.2) is 16.5 Å². The van der Waals surface area contributed by atoms with Crippen molar-refractivity contribution in [3.63, 3.8) is 0 Å². The van der Waals surface area contributed by atoms with Gasteiger partial charge in [-0.3, -0.25) is 14.3 Å². The topological polar surface area (TPSA) is 66.2 Å². The quantitative estimate of drug-likeness (QED) is 0.368. The molecule has 0 bridgehead atoms. The summed E-state index contributed by atoms with van der Waals surface area (Å²) in [6.45, 7) is 8.91. The number of aromatic nitrogens is 3. The van der Waals surface area contributed by atoms with Crippen molar-refractivity contribution in [3.8, 4) is 17.2 Å². The molecule has 0 atom stereocenters. The van der Waals surface area contributed by atoms with E-state index < -0.39 is 0 Å². The zero-order valence-electron chi connectivity index (χ0n) is 19.5. The summed E-state index contributed by atoms with van der Waals surface area (Å²) < 4.78 is 13.0. The molecule has 0 saturated carbocycles. The van der Waals surface area contributed by atoms with Gasteiger partial charge < -0.3 is 9.47 Å². The van der Waals surface area contributed by atoms with Crippen molar-refractivity contribution in [1.82, 2.24) is 14.5 Å². The van der Waals surface area contributed by atoms with Gasteiger partial charge in [-0.15, -0.1) is 0 Å². The minimum atomic E-state index is -0.204. The van der Waals surface area contributed by atoms with Crippen molar-refractivity contribution < 1.29 is 9.47 Å². The lowest BCUT2D eigenvalue weighted by Gasteiger charge is -2.20. The van der Waals surface area contributed by atoms with Crippen molar-refractivity contribution in [2.24, 2.45) is 5.41 Å². The van der Waals surface area contributed by atoms with Crippen LogP contribution < -0.4 is 15.0 Å². The Bertz CT molecular complexity index is 1360. The van der Waals surface area contributed by atoms with Gasteiger partial charge >= 0.3 is 0 Å². The Morgan fingerprint density at radius 3 is 2.58 bits per heavy atom. The molecule has 0 saturated heterocycles. The van der Waals surface area contributed by atoms with Gasteiger partial charge in [-0.25, -0.2) is 4.98 Å². The van der Waals surface area contributed by atoms with Gasteiger partial charge in [-0.05, 0) is 42.2 Å². The average molecular weight is 462 g/mol. The van der Waals surface area contributed by atoms with Gasteiger partial charge in [0, 0.05) is 34.9 Å². The van der Waals surface area contributed by atoms with Crippen LogP contribution in [-0.4, -0.2) is 28.3 Å². The molecule has 170 valence electrons. The number of hydrogen-bond donors (Lipinski definition) is 0. The third-order valence-electron chi connectivity index (χ3n) is 4.96. The Balaban J connectivity index is 1.67. The number of hydrogen-bond acceptors (Lipinski definition) is 6. The third kappa shape index (κ3) is 5.20. The highest BCUT2D eigenvalue weighted by Gasteiger charge is 2.16. The van der Waals surface area contributed by atoms with Crippen LogP contribution >= 0.6 is 11.8 Å². The molecule has 4 aromatic rings. The van der Waals surface area contributed by atoms with Crippen molar-refractivity contribution in [2.45, 2.75) is 37.6 Å². The molecule has 0 N–H and O–H groups in total. The fourth-order valence-corrected chi connectivity index (χ4v) is 4.23. The van der Waals surface area contributed by atoms with E-state index in [4.69, 9.17) is 9.47 Å². The standard InChI is InChI=1S/C26H27N3O3S/c1-17-6-8-19-20(14-17)27-11-10-23(19)33-24-25(30)29(13-12-28-24)18-7-9-21(22(15-18)31-5)32-16-26(2,3)4/h6-15H,16H2,1-5H3. The zero-order chi connectivity index (χ0) is 23.6. The molecule has 0 spiro atoms. The van der Waals surface area contributed by atoms with Gasteiger partial charge in [0.2, 0.25) is 0 Å². The monoisotopic (exact) mass is 461 g/mol. The van der Waals surface area contributed by atoms with E-state index in [2.05, 4.69) is 30.7 Å². The molecular weight excluding hydrogens is 434 g/mol. The first-order chi connectivity index (χ1) is 15.7. The van der Waals surface area contributed by atoms with Gasteiger partial charge in [0.05, 0.1) is 24.9 Å². The van der Waals surface area contributed by atoms with Gasteiger partial charge in [0.25, 0.3) is 5.56 Å². The normalized spacial score (nSPS) is 11.5. The van der Waals surface area contributed by atoms with E-state index in [1.807, 2.05) is 43.3 Å². The van der Waals surface area contributed by atoms with Crippen molar-refractivity contribution in [1.29, 1.82) is 0 Å². The van der Waals surface area contributed by atoms with Crippen LogP contribution in [0.25, 0.3) is 16.6 Å². The first kappa shape index (κ1) is 22.9. The van der Waals surface area contributed by atoms with E-state index >= 15 is 0 Å². The second kappa shape index (κ2) is 9.27. The fourth-order valence-electron chi connectivity index (χ4n) is 3.31. The Labute approximate surface area is 197 Å². The second-order valence-corrected chi connectivity index (χ2v) is 10.1. The maximum atomic E-state index is 13.3. The maximum Gasteiger partial charge on any atom is 0.287 e. The SMILES string of the molecule is COc1cc(-n2ccnc(Sc3ccnc4cc(C)ccc34)c2=O)ccc1OCC(C)(C)C. The van der Waals surface area contributed by atoms with E-state index in [9.17, 15) is 4.79 Å². The number of fused-ring (bicyclic) bond motifs is 1. The Kier molecular flexibility index (Phi) is 6.42. The van der Waals surface area contributed by atoms with Gasteiger partial charge in [-0.1, -0.05) is 44.7 Å². The number of nitrogens with zero attached hydrogens (tertiary/aromatic N) is 3. The third-order valence-corrected chi connectivity index (χ3v) is 6.01. The average Bonchev–Trinajstić information content (AvgIpc) is 2.78. The molecule has 6 nitrogen and oxygen atoms in total. The van der Waals surface area contributed by atoms with E-state index in [0.29, 0.717) is 28.8 Å². The highest BCUT2D eigenvalue weighted by Crippen LogP contribution is 2.32. The number of pyridine rings is 1. The predicted molar refractivity (Wildman–Crippen MR) is 132 cm³/mol. The summed E-state index contributed by atoms with van der Waals surface area (Å²) in [5, 5.41) is 1.38. The van der Waals surface area contributed by atoms with E-state index in [-0.39, 0.29) is 11.0 Å². The van der Waals surface area contributed by atoms with Crippen LogP contribution in [0.1, 0.15) is 26.3 Å². The van der Waals surface area contributed by atoms with Crippen LogP contribution in [0.2, 0.25) is 0 Å². The first-order valence-corrected chi connectivity index (χ1v) is 11.5. The van der Waals surface area contributed by atoms with E-state index in [0.717, 1.165) is 21.4 Å². The largest absolute Gasteiger partial charge is 0.493 e. The molecule has 0 unspecified atom stereocenters. The number of rotatable bonds is 6. The highest BCUT2D eigenvalue weighted by atomic mass is 32.2. The van der Waals surface area contributed by atoms with Crippen LogP contribution in [-0.2, 0) is 0 Å². The summed E-state index contributed by atoms with van der Waals surface area (Å²) in [7, 11) is 1.59. The number of ether oxygens (including phenoxy) is 2. The Hall–Kier alpha value is -3.32. The smallest absolute Gasteiger partial charge is 0.287 e. The molecule has 2 heterocycles. The highest BCUT2D eigenvalue weighted by molar-refractivity contribution is 7.99. The number of aryl methyl sites for hydroxylation is 1. The maximum absolute atomic E-state index is 13.3.